The van der Waals surface area contributed by atoms with Gasteiger partial charge in [0.2, 0.25) is 0 Å². The molecule has 0 fully saturated rings. The van der Waals surface area contributed by atoms with Crippen molar-refractivity contribution >= 4 is 11.6 Å². The van der Waals surface area contributed by atoms with E-state index in [0.29, 0.717) is 5.56 Å². The highest BCUT2D eigenvalue weighted by Crippen LogP contribution is 2.14. The lowest BCUT2D eigenvalue weighted by Crippen LogP contribution is -2.33. The van der Waals surface area contributed by atoms with E-state index in [1.807, 2.05) is 32.0 Å². The van der Waals surface area contributed by atoms with E-state index in [9.17, 15) is 4.79 Å². The second-order valence-corrected chi connectivity index (χ2v) is 4.94. The third-order valence-electron chi connectivity index (χ3n) is 3.21. The highest BCUT2D eigenvalue weighted by atomic mass is 16.3. The third-order valence-corrected chi connectivity index (χ3v) is 3.21. The maximum Gasteiger partial charge on any atom is 0.255 e. The topological polar surface area (TPSA) is 67.2 Å². The summed E-state index contributed by atoms with van der Waals surface area (Å²) in [7, 11) is 0. The normalized spacial score (nSPS) is 11.9. The van der Waals surface area contributed by atoms with Gasteiger partial charge in [-0.15, -0.1) is 0 Å². The maximum absolute atomic E-state index is 12.3. The van der Waals surface area contributed by atoms with Gasteiger partial charge in [-0.2, -0.15) is 0 Å². The summed E-state index contributed by atoms with van der Waals surface area (Å²) in [4.78, 5) is 16.3. The van der Waals surface area contributed by atoms with Crippen molar-refractivity contribution in [1.29, 1.82) is 0 Å². The minimum atomic E-state index is -0.106. The average Bonchev–Trinajstić information content (AvgIpc) is 2.99. The van der Waals surface area contributed by atoms with Gasteiger partial charge in [-0.1, -0.05) is 0 Å². The lowest BCUT2D eigenvalue weighted by atomic mass is 10.1. The third kappa shape index (κ3) is 4.34. The van der Waals surface area contributed by atoms with Crippen LogP contribution in [0.1, 0.15) is 36.4 Å². The lowest BCUT2D eigenvalue weighted by Gasteiger charge is -2.15. The molecule has 1 unspecified atom stereocenters. The summed E-state index contributed by atoms with van der Waals surface area (Å²) in [6.45, 7) is 4.75. The molecule has 0 radical (unpaired) electrons. The fraction of sp³-hybridized carbons (Fsp3) is 0.375. The van der Waals surface area contributed by atoms with Crippen LogP contribution in [0.3, 0.4) is 0 Å². The molecular weight excluding hydrogens is 266 g/mol. The zero-order valence-corrected chi connectivity index (χ0v) is 12.4. The number of nitrogens with one attached hydrogen (secondary N) is 2. The van der Waals surface area contributed by atoms with Gasteiger partial charge in [-0.25, -0.2) is 0 Å². The standard InChI is InChI=1S/C16H21N3O2/c1-3-18-15-8-9-17-11-14(15)16(20)19-12(2)6-7-13-5-4-10-21-13/h4-5,8-12H,3,6-7H2,1-2H3,(H,17,18)(H,19,20). The summed E-state index contributed by atoms with van der Waals surface area (Å²) >= 11 is 0. The SMILES string of the molecule is CCNc1ccncc1C(=O)NC(C)CCc1ccco1. The Hall–Kier alpha value is -2.30. The van der Waals surface area contributed by atoms with Crippen molar-refractivity contribution in [3.63, 3.8) is 0 Å². The van der Waals surface area contributed by atoms with Crippen molar-refractivity contribution in [2.24, 2.45) is 0 Å². The van der Waals surface area contributed by atoms with E-state index in [4.69, 9.17) is 4.42 Å². The van der Waals surface area contributed by atoms with Crippen LogP contribution < -0.4 is 10.6 Å². The number of anilines is 1. The van der Waals surface area contributed by atoms with E-state index in [0.717, 1.165) is 30.8 Å². The molecule has 21 heavy (non-hydrogen) atoms. The Morgan fingerprint density at radius 3 is 3.00 bits per heavy atom. The highest BCUT2D eigenvalue weighted by Gasteiger charge is 2.14. The van der Waals surface area contributed by atoms with E-state index >= 15 is 0 Å². The molecule has 0 aliphatic carbocycles. The number of pyridine rings is 1. The Morgan fingerprint density at radius 1 is 1.43 bits per heavy atom. The van der Waals surface area contributed by atoms with Crippen molar-refractivity contribution in [1.82, 2.24) is 10.3 Å². The molecule has 0 saturated carbocycles. The highest BCUT2D eigenvalue weighted by molar-refractivity contribution is 5.99. The quantitative estimate of drug-likeness (QED) is 0.821. The number of furan rings is 1. The zero-order chi connectivity index (χ0) is 15.1. The summed E-state index contributed by atoms with van der Waals surface area (Å²) in [5, 5.41) is 6.17. The Kier molecular flexibility index (Phi) is 5.37. The van der Waals surface area contributed by atoms with Crippen LogP contribution in [0.4, 0.5) is 5.69 Å². The number of aryl methyl sites for hydroxylation is 1. The Balaban J connectivity index is 1.91. The largest absolute Gasteiger partial charge is 0.469 e. The smallest absolute Gasteiger partial charge is 0.255 e. The number of hydrogen-bond acceptors (Lipinski definition) is 4. The van der Waals surface area contributed by atoms with Gasteiger partial charge in [-0.05, 0) is 38.5 Å². The predicted molar refractivity (Wildman–Crippen MR) is 82.4 cm³/mol. The molecule has 0 spiro atoms. The molecule has 2 heterocycles. The first-order chi connectivity index (χ1) is 10.2. The molecule has 112 valence electrons. The number of nitrogens with zero attached hydrogens (tertiary/aromatic N) is 1. The molecule has 0 bridgehead atoms. The average molecular weight is 287 g/mol. The maximum atomic E-state index is 12.3. The first-order valence-corrected chi connectivity index (χ1v) is 7.21. The van der Waals surface area contributed by atoms with Gasteiger partial charge in [0.1, 0.15) is 5.76 Å². The predicted octanol–water partition coefficient (Wildman–Crippen LogP) is 2.86. The monoisotopic (exact) mass is 287 g/mol. The van der Waals surface area contributed by atoms with Crippen LogP contribution in [-0.4, -0.2) is 23.5 Å². The van der Waals surface area contributed by atoms with Crippen LogP contribution in [0.25, 0.3) is 0 Å². The minimum Gasteiger partial charge on any atom is -0.469 e. The number of amides is 1. The number of carbonyl (C=O) groups excluding carboxylic acids is 1. The summed E-state index contributed by atoms with van der Waals surface area (Å²) in [5.74, 6) is 0.830. The minimum absolute atomic E-state index is 0.0669. The van der Waals surface area contributed by atoms with Crippen molar-refractivity contribution in [3.05, 3.63) is 48.2 Å². The van der Waals surface area contributed by atoms with Crippen LogP contribution in [0.15, 0.2) is 41.3 Å². The fourth-order valence-electron chi connectivity index (χ4n) is 2.11. The van der Waals surface area contributed by atoms with Crippen molar-refractivity contribution < 1.29 is 9.21 Å². The van der Waals surface area contributed by atoms with Crippen LogP contribution in [0.2, 0.25) is 0 Å². The molecule has 0 aliphatic heterocycles. The van der Waals surface area contributed by atoms with E-state index < -0.39 is 0 Å². The van der Waals surface area contributed by atoms with Crippen molar-refractivity contribution in [2.45, 2.75) is 32.7 Å². The van der Waals surface area contributed by atoms with E-state index in [1.165, 1.54) is 0 Å². The molecule has 1 atom stereocenters. The van der Waals surface area contributed by atoms with Crippen LogP contribution in [0, 0.1) is 0 Å². The van der Waals surface area contributed by atoms with Gasteiger partial charge >= 0.3 is 0 Å². The Morgan fingerprint density at radius 2 is 2.29 bits per heavy atom. The summed E-state index contributed by atoms with van der Waals surface area (Å²) in [5.41, 5.74) is 1.38. The van der Waals surface area contributed by atoms with E-state index in [1.54, 1.807) is 18.7 Å². The number of carbonyl (C=O) groups is 1. The second kappa shape index (κ2) is 7.47. The van der Waals surface area contributed by atoms with Crippen LogP contribution in [-0.2, 0) is 6.42 Å². The van der Waals surface area contributed by atoms with Gasteiger partial charge in [-0.3, -0.25) is 9.78 Å². The molecule has 2 aromatic rings. The Bertz CT molecular complexity index is 567. The molecule has 5 nitrogen and oxygen atoms in total. The molecule has 2 N–H and O–H groups in total. The van der Waals surface area contributed by atoms with E-state index in [-0.39, 0.29) is 11.9 Å². The van der Waals surface area contributed by atoms with Gasteiger partial charge in [0.25, 0.3) is 5.91 Å². The van der Waals surface area contributed by atoms with E-state index in [2.05, 4.69) is 15.6 Å². The fourth-order valence-corrected chi connectivity index (χ4v) is 2.11. The molecule has 5 heteroatoms. The summed E-state index contributed by atoms with van der Waals surface area (Å²) < 4.78 is 5.29. The molecule has 0 aliphatic rings. The molecule has 0 saturated heterocycles. The van der Waals surface area contributed by atoms with Crippen LogP contribution in [0.5, 0.6) is 0 Å². The zero-order valence-electron chi connectivity index (χ0n) is 12.4. The number of hydrogen-bond donors (Lipinski definition) is 2. The molecule has 2 rings (SSSR count). The van der Waals surface area contributed by atoms with Crippen molar-refractivity contribution in [2.75, 3.05) is 11.9 Å². The van der Waals surface area contributed by atoms with Gasteiger partial charge in [0.15, 0.2) is 0 Å². The van der Waals surface area contributed by atoms with Gasteiger partial charge < -0.3 is 15.1 Å². The lowest BCUT2D eigenvalue weighted by molar-refractivity contribution is 0.0938. The Labute approximate surface area is 124 Å². The molecule has 1 amide bonds. The van der Waals surface area contributed by atoms with Crippen molar-refractivity contribution in [3.8, 4) is 0 Å². The molecule has 0 aromatic carbocycles. The molecular formula is C16H21N3O2. The molecule has 2 aromatic heterocycles. The first-order valence-electron chi connectivity index (χ1n) is 7.21. The van der Waals surface area contributed by atoms with Gasteiger partial charge in [0.05, 0.1) is 17.5 Å². The van der Waals surface area contributed by atoms with Gasteiger partial charge in [0, 0.05) is 31.4 Å². The second-order valence-electron chi connectivity index (χ2n) is 4.94. The summed E-state index contributed by atoms with van der Waals surface area (Å²) in [6.07, 6.45) is 6.57. The number of aromatic nitrogens is 1. The first kappa shape index (κ1) is 15.1. The summed E-state index contributed by atoms with van der Waals surface area (Å²) in [6, 6.07) is 5.69. The number of rotatable bonds is 7. The van der Waals surface area contributed by atoms with Crippen LogP contribution >= 0.6 is 0 Å².